The molecule has 1 aliphatic rings. The average molecular weight is 439 g/mol. The smallest absolute Gasteiger partial charge is 0.267 e. The summed E-state index contributed by atoms with van der Waals surface area (Å²) in [5.74, 6) is -0.257. The van der Waals surface area contributed by atoms with Crippen LogP contribution in [0.4, 0.5) is 0 Å². The van der Waals surface area contributed by atoms with Gasteiger partial charge in [0.2, 0.25) is 10.0 Å². The molecule has 3 rings (SSSR count). The van der Waals surface area contributed by atoms with Crippen molar-refractivity contribution in [2.45, 2.75) is 57.3 Å². The minimum absolute atomic E-state index is 0.155. The molecule has 0 aromatic carbocycles. The zero-order chi connectivity index (χ0) is 21.0. The molecule has 0 fully saturated rings. The highest BCUT2D eigenvalue weighted by atomic mass is 32.2. The number of nitrogens with one attached hydrogen (secondary N) is 1. The van der Waals surface area contributed by atoms with Gasteiger partial charge in [0.05, 0.1) is 10.7 Å². The van der Waals surface area contributed by atoms with E-state index in [0.29, 0.717) is 25.3 Å². The Kier molecular flexibility index (Phi) is 7.13. The minimum atomic E-state index is -3.57. The third kappa shape index (κ3) is 4.90. The van der Waals surface area contributed by atoms with Crippen molar-refractivity contribution in [2.24, 2.45) is 7.05 Å². The maximum atomic E-state index is 12.7. The van der Waals surface area contributed by atoms with Crippen LogP contribution in [-0.2, 0) is 36.3 Å². The fourth-order valence-electron chi connectivity index (χ4n) is 3.66. The van der Waals surface area contributed by atoms with Crippen LogP contribution >= 0.6 is 11.3 Å². The number of aromatic nitrogens is 2. The summed E-state index contributed by atoms with van der Waals surface area (Å²) < 4.78 is 28.3. The lowest BCUT2D eigenvalue weighted by atomic mass is 10.0. The van der Waals surface area contributed by atoms with Gasteiger partial charge >= 0.3 is 0 Å². The molecule has 0 saturated heterocycles. The Morgan fingerprint density at radius 1 is 1.28 bits per heavy atom. The summed E-state index contributed by atoms with van der Waals surface area (Å²) in [4.78, 5) is 18.9. The number of hydrogen-bond donors (Lipinski definition) is 1. The Morgan fingerprint density at radius 3 is 2.69 bits per heavy atom. The quantitative estimate of drug-likeness (QED) is 0.610. The number of amides is 1. The predicted molar refractivity (Wildman–Crippen MR) is 115 cm³/mol. The highest BCUT2D eigenvalue weighted by Gasteiger charge is 2.25. The highest BCUT2D eigenvalue weighted by Crippen LogP contribution is 2.27. The van der Waals surface area contributed by atoms with Crippen LogP contribution in [0.1, 0.15) is 59.2 Å². The van der Waals surface area contributed by atoms with Crippen molar-refractivity contribution in [3.8, 4) is 0 Å². The molecule has 0 radical (unpaired) electrons. The standard InChI is InChI=1S/C20H30N4O3S2/c1-4-24(5-2)29(26,27)15-13-17(23(3)14-15)20(25)21-12-8-11-19-22-16-9-6-7-10-18(16)28-19/h13-14H,4-12H2,1-3H3,(H,21,25). The molecular weight excluding hydrogens is 408 g/mol. The van der Waals surface area contributed by atoms with Crippen LogP contribution in [0.3, 0.4) is 0 Å². The molecule has 2 heterocycles. The normalized spacial score (nSPS) is 14.2. The van der Waals surface area contributed by atoms with Crippen LogP contribution in [0, 0.1) is 0 Å². The monoisotopic (exact) mass is 438 g/mol. The molecule has 0 spiro atoms. The minimum Gasteiger partial charge on any atom is -0.351 e. The maximum absolute atomic E-state index is 12.7. The summed E-state index contributed by atoms with van der Waals surface area (Å²) in [6, 6.07) is 1.46. The second kappa shape index (κ2) is 9.40. The predicted octanol–water partition coefficient (Wildman–Crippen LogP) is 2.75. The van der Waals surface area contributed by atoms with Crippen molar-refractivity contribution in [1.82, 2.24) is 19.2 Å². The first-order chi connectivity index (χ1) is 13.9. The zero-order valence-corrected chi connectivity index (χ0v) is 19.0. The van der Waals surface area contributed by atoms with Gasteiger partial charge in [-0.15, -0.1) is 11.3 Å². The SMILES string of the molecule is CCN(CC)S(=O)(=O)c1cc(C(=O)NCCCc2nc3c(s2)CCCC3)n(C)c1. The molecule has 0 aliphatic heterocycles. The lowest BCUT2D eigenvalue weighted by Gasteiger charge is -2.17. The van der Waals surface area contributed by atoms with Crippen LogP contribution in [-0.4, -0.2) is 47.8 Å². The number of thiazole rings is 1. The van der Waals surface area contributed by atoms with Gasteiger partial charge in [-0.2, -0.15) is 4.31 Å². The Bertz CT molecular complexity index is 935. The van der Waals surface area contributed by atoms with Gasteiger partial charge in [0.25, 0.3) is 5.91 Å². The fraction of sp³-hybridized carbons (Fsp3) is 0.600. The van der Waals surface area contributed by atoms with Crippen LogP contribution in [0.2, 0.25) is 0 Å². The average Bonchev–Trinajstić information content (AvgIpc) is 3.29. The van der Waals surface area contributed by atoms with E-state index in [1.807, 2.05) is 0 Å². The van der Waals surface area contributed by atoms with Crippen molar-refractivity contribution in [3.05, 3.63) is 33.5 Å². The molecule has 29 heavy (non-hydrogen) atoms. The highest BCUT2D eigenvalue weighted by molar-refractivity contribution is 7.89. The van der Waals surface area contributed by atoms with E-state index < -0.39 is 10.0 Å². The van der Waals surface area contributed by atoms with Crippen molar-refractivity contribution in [2.75, 3.05) is 19.6 Å². The number of carbonyl (C=O) groups excluding carboxylic acids is 1. The molecule has 1 N–H and O–H groups in total. The Morgan fingerprint density at radius 2 is 2.00 bits per heavy atom. The van der Waals surface area contributed by atoms with Gasteiger partial charge in [-0.3, -0.25) is 4.79 Å². The van der Waals surface area contributed by atoms with Crippen LogP contribution < -0.4 is 5.32 Å². The third-order valence-corrected chi connectivity index (χ3v) is 8.53. The van der Waals surface area contributed by atoms with Gasteiger partial charge < -0.3 is 9.88 Å². The lowest BCUT2D eigenvalue weighted by Crippen LogP contribution is -2.30. The van der Waals surface area contributed by atoms with Gasteiger partial charge in [0.1, 0.15) is 10.6 Å². The topological polar surface area (TPSA) is 84.3 Å². The summed E-state index contributed by atoms with van der Waals surface area (Å²) in [6.45, 7) is 4.93. The Balaban J connectivity index is 1.56. The molecule has 7 nitrogen and oxygen atoms in total. The largest absolute Gasteiger partial charge is 0.351 e. The summed E-state index contributed by atoms with van der Waals surface area (Å²) >= 11 is 1.81. The molecule has 1 amide bonds. The number of carbonyl (C=O) groups is 1. The maximum Gasteiger partial charge on any atom is 0.267 e. The van der Waals surface area contributed by atoms with Gasteiger partial charge in [0, 0.05) is 44.2 Å². The molecule has 9 heteroatoms. The zero-order valence-electron chi connectivity index (χ0n) is 17.4. The number of rotatable bonds is 9. The molecule has 0 saturated carbocycles. The number of sulfonamides is 1. The van der Waals surface area contributed by atoms with E-state index in [1.165, 1.54) is 40.0 Å². The number of aryl methyl sites for hydroxylation is 4. The molecule has 2 aromatic heterocycles. The molecule has 0 bridgehead atoms. The van der Waals surface area contributed by atoms with E-state index in [2.05, 4.69) is 5.32 Å². The number of nitrogens with zero attached hydrogens (tertiary/aromatic N) is 3. The van der Waals surface area contributed by atoms with Crippen molar-refractivity contribution in [3.63, 3.8) is 0 Å². The van der Waals surface area contributed by atoms with E-state index in [0.717, 1.165) is 30.7 Å². The first-order valence-corrected chi connectivity index (χ1v) is 12.5. The van der Waals surface area contributed by atoms with Crippen molar-refractivity contribution >= 4 is 27.3 Å². The summed E-state index contributed by atoms with van der Waals surface area (Å²) in [5.41, 5.74) is 1.62. The second-order valence-corrected chi connectivity index (χ2v) is 10.4. The van der Waals surface area contributed by atoms with Crippen LogP contribution in [0.15, 0.2) is 17.2 Å². The Labute approximate surface area is 177 Å². The van der Waals surface area contributed by atoms with Crippen LogP contribution in [0.25, 0.3) is 0 Å². The first kappa shape index (κ1) is 22.0. The summed E-state index contributed by atoms with van der Waals surface area (Å²) in [5, 5.41) is 4.05. The van der Waals surface area contributed by atoms with Gasteiger partial charge in [0.15, 0.2) is 0 Å². The second-order valence-electron chi connectivity index (χ2n) is 7.31. The first-order valence-electron chi connectivity index (χ1n) is 10.3. The van der Waals surface area contributed by atoms with Crippen LogP contribution in [0.5, 0.6) is 0 Å². The van der Waals surface area contributed by atoms with E-state index in [4.69, 9.17) is 4.98 Å². The summed E-state index contributed by atoms with van der Waals surface area (Å²) in [7, 11) is -1.88. The van der Waals surface area contributed by atoms with Gasteiger partial charge in [-0.1, -0.05) is 13.8 Å². The molecule has 0 atom stereocenters. The third-order valence-electron chi connectivity index (χ3n) is 5.30. The molecule has 0 unspecified atom stereocenters. The number of hydrogen-bond acceptors (Lipinski definition) is 5. The Hall–Kier alpha value is -1.71. The van der Waals surface area contributed by atoms with Gasteiger partial charge in [-0.05, 0) is 38.2 Å². The molecule has 2 aromatic rings. The molecule has 160 valence electrons. The van der Waals surface area contributed by atoms with E-state index in [-0.39, 0.29) is 10.8 Å². The molecular formula is C20H30N4O3S2. The van der Waals surface area contributed by atoms with E-state index >= 15 is 0 Å². The molecule has 1 aliphatic carbocycles. The fourth-order valence-corrected chi connectivity index (χ4v) is 6.39. The lowest BCUT2D eigenvalue weighted by molar-refractivity contribution is 0.0945. The van der Waals surface area contributed by atoms with E-state index in [1.54, 1.807) is 36.8 Å². The van der Waals surface area contributed by atoms with Crippen molar-refractivity contribution < 1.29 is 13.2 Å². The van der Waals surface area contributed by atoms with Gasteiger partial charge in [-0.25, -0.2) is 13.4 Å². The van der Waals surface area contributed by atoms with Crippen molar-refractivity contribution in [1.29, 1.82) is 0 Å². The van der Waals surface area contributed by atoms with E-state index in [9.17, 15) is 13.2 Å². The summed E-state index contributed by atoms with van der Waals surface area (Å²) in [6.07, 6.45) is 7.90. The number of fused-ring (bicyclic) bond motifs is 1.